The molecule has 0 saturated carbocycles. The van der Waals surface area contributed by atoms with Crippen LogP contribution in [0.2, 0.25) is 0 Å². The summed E-state index contributed by atoms with van der Waals surface area (Å²) in [7, 11) is 1.90. The molecule has 1 aromatic heterocycles. The number of nitrogens with two attached hydrogens (primary N) is 1. The van der Waals surface area contributed by atoms with Crippen LogP contribution in [-0.2, 0) is 11.3 Å². The van der Waals surface area contributed by atoms with Gasteiger partial charge >= 0.3 is 0 Å². The lowest BCUT2D eigenvalue weighted by molar-refractivity contribution is -0.119. The van der Waals surface area contributed by atoms with Crippen LogP contribution in [0, 0.1) is 0 Å². The first-order valence-corrected chi connectivity index (χ1v) is 5.88. The highest BCUT2D eigenvalue weighted by Gasteiger charge is 2.30. The second kappa shape index (κ2) is 5.14. The van der Waals surface area contributed by atoms with E-state index in [1.807, 2.05) is 24.1 Å². The number of hydrogen-bond acceptors (Lipinski definition) is 4. The summed E-state index contributed by atoms with van der Waals surface area (Å²) >= 11 is 0. The summed E-state index contributed by atoms with van der Waals surface area (Å²) < 4.78 is 0. The van der Waals surface area contributed by atoms with E-state index in [9.17, 15) is 4.79 Å². The summed E-state index contributed by atoms with van der Waals surface area (Å²) in [5.41, 5.74) is 6.53. The van der Waals surface area contributed by atoms with E-state index in [1.165, 1.54) is 0 Å². The summed E-state index contributed by atoms with van der Waals surface area (Å²) in [5, 5.41) is 3.11. The van der Waals surface area contributed by atoms with Crippen molar-refractivity contribution in [2.75, 3.05) is 18.5 Å². The van der Waals surface area contributed by atoms with Gasteiger partial charge in [-0.05, 0) is 26.0 Å². The molecular weight excluding hydrogens is 216 g/mol. The normalized spacial score (nSPS) is 19.6. The molecule has 1 aliphatic rings. The Bertz CT molecular complexity index is 407. The van der Waals surface area contributed by atoms with E-state index < -0.39 is 0 Å². The van der Waals surface area contributed by atoms with Crippen molar-refractivity contribution in [3.05, 3.63) is 23.9 Å². The van der Waals surface area contributed by atoms with E-state index in [4.69, 9.17) is 5.73 Å². The molecular formula is C12H18N4O. The highest BCUT2D eigenvalue weighted by molar-refractivity contribution is 5.84. The van der Waals surface area contributed by atoms with Crippen LogP contribution in [0.15, 0.2) is 18.3 Å². The highest BCUT2D eigenvalue weighted by Crippen LogP contribution is 2.26. The van der Waals surface area contributed by atoms with Crippen LogP contribution in [-0.4, -0.2) is 30.5 Å². The number of rotatable bonds is 4. The van der Waals surface area contributed by atoms with Crippen molar-refractivity contribution in [3.8, 4) is 0 Å². The molecule has 2 heterocycles. The van der Waals surface area contributed by atoms with E-state index in [2.05, 4.69) is 10.3 Å². The van der Waals surface area contributed by atoms with E-state index in [0.717, 1.165) is 37.3 Å². The monoisotopic (exact) mass is 234 g/mol. The number of nitrogens with one attached hydrogen (secondary N) is 1. The zero-order chi connectivity index (χ0) is 12.3. The van der Waals surface area contributed by atoms with Crippen molar-refractivity contribution in [1.82, 2.24) is 10.3 Å². The zero-order valence-electron chi connectivity index (χ0n) is 10.0. The number of hydrogen-bond donors (Lipinski definition) is 2. The Labute approximate surface area is 101 Å². The average Bonchev–Trinajstić information content (AvgIpc) is 2.79. The molecule has 1 amide bonds. The minimum atomic E-state index is -0.261. The molecule has 1 unspecified atom stereocenters. The number of anilines is 1. The van der Waals surface area contributed by atoms with Gasteiger partial charge in [0.25, 0.3) is 0 Å². The third-order valence-corrected chi connectivity index (χ3v) is 3.09. The molecule has 0 radical (unpaired) electrons. The fraction of sp³-hybridized carbons (Fsp3) is 0.500. The lowest BCUT2D eigenvalue weighted by Gasteiger charge is -2.25. The van der Waals surface area contributed by atoms with E-state index >= 15 is 0 Å². The van der Waals surface area contributed by atoms with Gasteiger partial charge < -0.3 is 16.0 Å². The van der Waals surface area contributed by atoms with Crippen LogP contribution >= 0.6 is 0 Å². The van der Waals surface area contributed by atoms with Gasteiger partial charge in [-0.3, -0.25) is 4.79 Å². The van der Waals surface area contributed by atoms with Crippen LogP contribution < -0.4 is 16.0 Å². The third kappa shape index (κ3) is 2.39. The predicted molar refractivity (Wildman–Crippen MR) is 66.6 cm³/mol. The summed E-state index contributed by atoms with van der Waals surface area (Å²) in [4.78, 5) is 17.8. The Hall–Kier alpha value is -1.62. The molecule has 92 valence electrons. The zero-order valence-corrected chi connectivity index (χ0v) is 10.0. The SMILES string of the molecule is CNCc1cccnc1N1CCCC1C(N)=O. The molecule has 3 N–H and O–H groups in total. The molecule has 0 aliphatic carbocycles. The van der Waals surface area contributed by atoms with Crippen molar-refractivity contribution in [2.45, 2.75) is 25.4 Å². The molecule has 0 bridgehead atoms. The molecule has 0 aromatic carbocycles. The number of amides is 1. The van der Waals surface area contributed by atoms with E-state index in [1.54, 1.807) is 6.20 Å². The molecule has 2 rings (SSSR count). The van der Waals surface area contributed by atoms with E-state index in [0.29, 0.717) is 0 Å². The maximum atomic E-state index is 11.4. The quantitative estimate of drug-likeness (QED) is 0.783. The van der Waals surface area contributed by atoms with Crippen LogP contribution in [0.25, 0.3) is 0 Å². The van der Waals surface area contributed by atoms with Gasteiger partial charge in [0.05, 0.1) is 0 Å². The summed E-state index contributed by atoms with van der Waals surface area (Å²) in [6, 6.07) is 3.72. The largest absolute Gasteiger partial charge is 0.368 e. The number of pyridine rings is 1. The molecule has 1 fully saturated rings. The molecule has 17 heavy (non-hydrogen) atoms. The maximum absolute atomic E-state index is 11.4. The molecule has 1 saturated heterocycles. The lowest BCUT2D eigenvalue weighted by atomic mass is 10.2. The lowest BCUT2D eigenvalue weighted by Crippen LogP contribution is -2.41. The van der Waals surface area contributed by atoms with Crippen LogP contribution in [0.3, 0.4) is 0 Å². The predicted octanol–water partition coefficient (Wildman–Crippen LogP) is 0.255. The van der Waals surface area contributed by atoms with Crippen LogP contribution in [0.1, 0.15) is 18.4 Å². The van der Waals surface area contributed by atoms with Crippen molar-refractivity contribution in [3.63, 3.8) is 0 Å². The highest BCUT2D eigenvalue weighted by atomic mass is 16.1. The fourth-order valence-corrected chi connectivity index (χ4v) is 2.33. The van der Waals surface area contributed by atoms with Gasteiger partial charge in [-0.25, -0.2) is 4.98 Å². The number of primary amides is 1. The molecule has 1 atom stereocenters. The van der Waals surface area contributed by atoms with E-state index in [-0.39, 0.29) is 11.9 Å². The Balaban J connectivity index is 2.29. The molecule has 5 heteroatoms. The van der Waals surface area contributed by atoms with Gasteiger partial charge in [-0.15, -0.1) is 0 Å². The second-order valence-corrected chi connectivity index (χ2v) is 4.27. The maximum Gasteiger partial charge on any atom is 0.240 e. The summed E-state index contributed by atoms with van der Waals surface area (Å²) in [6.45, 7) is 1.59. The van der Waals surface area contributed by atoms with Crippen molar-refractivity contribution >= 4 is 11.7 Å². The standard InChI is InChI=1S/C12H18N4O/c1-14-8-9-4-2-6-15-12(9)16-7-3-5-10(16)11(13)17/h2,4,6,10,14H,3,5,7-8H2,1H3,(H2,13,17). The fourth-order valence-electron chi connectivity index (χ4n) is 2.33. The first kappa shape index (κ1) is 11.9. The van der Waals surface area contributed by atoms with Gasteiger partial charge in [0, 0.05) is 24.8 Å². The Morgan fingerprint density at radius 3 is 3.24 bits per heavy atom. The van der Waals surface area contributed by atoms with Crippen molar-refractivity contribution in [2.24, 2.45) is 5.73 Å². The first-order valence-electron chi connectivity index (χ1n) is 5.88. The Morgan fingerprint density at radius 1 is 1.71 bits per heavy atom. The summed E-state index contributed by atoms with van der Waals surface area (Å²) in [5.74, 6) is 0.617. The van der Waals surface area contributed by atoms with Gasteiger partial charge in [0.1, 0.15) is 11.9 Å². The smallest absolute Gasteiger partial charge is 0.240 e. The van der Waals surface area contributed by atoms with Gasteiger partial charge in [-0.1, -0.05) is 6.07 Å². The van der Waals surface area contributed by atoms with Crippen LogP contribution in [0.4, 0.5) is 5.82 Å². The van der Waals surface area contributed by atoms with Crippen molar-refractivity contribution < 1.29 is 4.79 Å². The Morgan fingerprint density at radius 2 is 2.53 bits per heavy atom. The average molecular weight is 234 g/mol. The van der Waals surface area contributed by atoms with Gasteiger partial charge in [0.2, 0.25) is 5.91 Å². The topological polar surface area (TPSA) is 71.2 Å². The van der Waals surface area contributed by atoms with Crippen LogP contribution in [0.5, 0.6) is 0 Å². The number of aromatic nitrogens is 1. The number of carbonyl (C=O) groups excluding carboxylic acids is 1. The third-order valence-electron chi connectivity index (χ3n) is 3.09. The van der Waals surface area contributed by atoms with Crippen molar-refractivity contribution in [1.29, 1.82) is 0 Å². The molecule has 1 aromatic rings. The second-order valence-electron chi connectivity index (χ2n) is 4.27. The first-order chi connectivity index (χ1) is 8.24. The minimum absolute atomic E-state index is 0.208. The molecule has 1 aliphatic heterocycles. The number of carbonyl (C=O) groups is 1. The minimum Gasteiger partial charge on any atom is -0.368 e. The summed E-state index contributed by atoms with van der Waals surface area (Å²) in [6.07, 6.45) is 3.57. The molecule has 0 spiro atoms. The number of nitrogens with zero attached hydrogens (tertiary/aromatic N) is 2. The van der Waals surface area contributed by atoms with Gasteiger partial charge in [-0.2, -0.15) is 0 Å². The Kier molecular flexibility index (Phi) is 3.58. The van der Waals surface area contributed by atoms with Gasteiger partial charge in [0.15, 0.2) is 0 Å². The molecule has 5 nitrogen and oxygen atoms in total.